The molecule has 1 amide bonds. The molecule has 0 N–H and O–H groups in total. The summed E-state index contributed by atoms with van der Waals surface area (Å²) >= 11 is 3.40. The monoisotopic (exact) mass is 342 g/mol. The highest BCUT2D eigenvalue weighted by Gasteiger charge is 2.35. The molecule has 1 aromatic heterocycles. The molecule has 0 spiro atoms. The van der Waals surface area contributed by atoms with E-state index in [9.17, 15) is 4.79 Å². The van der Waals surface area contributed by atoms with Crippen LogP contribution in [0.5, 0.6) is 5.75 Å². The third-order valence-electron chi connectivity index (χ3n) is 2.94. The van der Waals surface area contributed by atoms with Gasteiger partial charge < -0.3 is 14.4 Å². The van der Waals surface area contributed by atoms with E-state index in [1.54, 1.807) is 17.3 Å². The lowest BCUT2D eigenvalue weighted by molar-refractivity contribution is -0.0142. The lowest BCUT2D eigenvalue weighted by atomic mass is 10.1. The van der Waals surface area contributed by atoms with E-state index in [0.717, 1.165) is 17.4 Å². The van der Waals surface area contributed by atoms with Crippen molar-refractivity contribution in [2.75, 3.05) is 13.2 Å². The Labute approximate surface area is 127 Å². The number of amides is 1. The van der Waals surface area contributed by atoms with Gasteiger partial charge in [-0.15, -0.1) is 0 Å². The Hall–Kier alpha value is -1.30. The van der Waals surface area contributed by atoms with Crippen molar-refractivity contribution < 1.29 is 14.3 Å². The molecule has 6 heteroatoms. The van der Waals surface area contributed by atoms with E-state index in [1.807, 2.05) is 26.8 Å². The van der Waals surface area contributed by atoms with E-state index in [4.69, 9.17) is 9.47 Å². The predicted molar refractivity (Wildman–Crippen MR) is 78.8 cm³/mol. The van der Waals surface area contributed by atoms with Gasteiger partial charge in [-0.25, -0.2) is 4.79 Å². The minimum absolute atomic E-state index is 0.0666. The average molecular weight is 343 g/mol. The van der Waals surface area contributed by atoms with Crippen molar-refractivity contribution in [1.82, 2.24) is 9.88 Å². The van der Waals surface area contributed by atoms with E-state index >= 15 is 0 Å². The highest BCUT2D eigenvalue weighted by Crippen LogP contribution is 2.26. The number of ether oxygens (including phenoxy) is 2. The van der Waals surface area contributed by atoms with E-state index < -0.39 is 5.60 Å². The van der Waals surface area contributed by atoms with E-state index in [2.05, 4.69) is 20.9 Å². The summed E-state index contributed by atoms with van der Waals surface area (Å²) in [6, 6.07) is 1.89. The first-order chi connectivity index (χ1) is 9.37. The Morgan fingerprint density at radius 3 is 2.85 bits per heavy atom. The van der Waals surface area contributed by atoms with Crippen molar-refractivity contribution in [2.45, 2.75) is 38.8 Å². The number of pyridine rings is 1. The topological polar surface area (TPSA) is 51.7 Å². The molecule has 1 aliphatic heterocycles. The molecule has 5 nitrogen and oxygen atoms in total. The maximum atomic E-state index is 12.0. The molecule has 1 fully saturated rings. The van der Waals surface area contributed by atoms with Gasteiger partial charge >= 0.3 is 6.09 Å². The average Bonchev–Trinajstić information content (AvgIpc) is 2.27. The highest BCUT2D eigenvalue weighted by atomic mass is 79.9. The first-order valence-electron chi connectivity index (χ1n) is 6.59. The zero-order chi connectivity index (χ0) is 14.8. The van der Waals surface area contributed by atoms with Crippen LogP contribution >= 0.6 is 15.9 Å². The van der Waals surface area contributed by atoms with Crippen LogP contribution in [-0.4, -0.2) is 40.8 Å². The maximum Gasteiger partial charge on any atom is 0.410 e. The van der Waals surface area contributed by atoms with Crippen LogP contribution in [0, 0.1) is 0 Å². The fourth-order valence-electron chi connectivity index (χ4n) is 1.83. The Kier molecular flexibility index (Phi) is 4.52. The molecule has 110 valence electrons. The number of aromatic nitrogens is 1. The van der Waals surface area contributed by atoms with Crippen LogP contribution in [0.1, 0.15) is 27.2 Å². The molecule has 0 aromatic carbocycles. The van der Waals surface area contributed by atoms with Crippen LogP contribution < -0.4 is 4.74 Å². The van der Waals surface area contributed by atoms with Crippen molar-refractivity contribution in [3.8, 4) is 5.75 Å². The number of carbonyl (C=O) groups excluding carboxylic acids is 1. The third kappa shape index (κ3) is 3.85. The van der Waals surface area contributed by atoms with Crippen LogP contribution in [0.25, 0.3) is 0 Å². The molecule has 0 saturated carbocycles. The normalized spacial score (nSPS) is 18.4. The van der Waals surface area contributed by atoms with Crippen molar-refractivity contribution >= 4 is 22.0 Å². The number of hydrogen-bond donors (Lipinski definition) is 0. The quantitative estimate of drug-likeness (QED) is 0.846. The molecule has 0 bridgehead atoms. The van der Waals surface area contributed by atoms with Gasteiger partial charge in [-0.2, -0.15) is 0 Å². The second-order valence-electron chi connectivity index (χ2n) is 5.73. The van der Waals surface area contributed by atoms with E-state index in [0.29, 0.717) is 12.4 Å². The summed E-state index contributed by atoms with van der Waals surface area (Å²) in [6.45, 7) is 6.76. The van der Waals surface area contributed by atoms with E-state index in [1.165, 1.54) is 0 Å². The minimum Gasteiger partial charge on any atom is -0.489 e. The first-order valence-corrected chi connectivity index (χ1v) is 7.38. The third-order valence-corrected chi connectivity index (χ3v) is 3.59. The molecule has 20 heavy (non-hydrogen) atoms. The summed E-state index contributed by atoms with van der Waals surface area (Å²) in [6.07, 6.45) is 3.99. The molecule has 1 aromatic rings. The van der Waals surface area contributed by atoms with Gasteiger partial charge in [0.05, 0.1) is 16.7 Å². The molecule has 1 saturated heterocycles. The Morgan fingerprint density at radius 1 is 1.55 bits per heavy atom. The number of likely N-dealkylation sites (tertiary alicyclic amines) is 1. The fraction of sp³-hybridized carbons (Fsp3) is 0.571. The van der Waals surface area contributed by atoms with Crippen molar-refractivity contribution in [3.63, 3.8) is 0 Å². The van der Waals surface area contributed by atoms with Crippen molar-refractivity contribution in [1.29, 1.82) is 0 Å². The Morgan fingerprint density at radius 2 is 2.30 bits per heavy atom. The summed E-state index contributed by atoms with van der Waals surface area (Å²) in [5, 5.41) is 0. The second-order valence-corrected chi connectivity index (χ2v) is 6.59. The summed E-state index contributed by atoms with van der Waals surface area (Å²) < 4.78 is 11.9. The molecule has 1 aliphatic rings. The van der Waals surface area contributed by atoms with Gasteiger partial charge in [0.25, 0.3) is 0 Å². The van der Waals surface area contributed by atoms with Gasteiger partial charge in [0.2, 0.25) is 0 Å². The molecule has 1 atom stereocenters. The highest BCUT2D eigenvalue weighted by molar-refractivity contribution is 9.10. The molecule has 2 heterocycles. The zero-order valence-corrected chi connectivity index (χ0v) is 13.5. The summed E-state index contributed by atoms with van der Waals surface area (Å²) in [5.41, 5.74) is -0.468. The summed E-state index contributed by atoms with van der Waals surface area (Å²) in [4.78, 5) is 17.7. The van der Waals surface area contributed by atoms with Gasteiger partial charge in [0.1, 0.15) is 12.2 Å². The molecule has 0 aliphatic carbocycles. The lowest BCUT2D eigenvalue weighted by Crippen LogP contribution is -2.55. The van der Waals surface area contributed by atoms with Gasteiger partial charge in [-0.1, -0.05) is 0 Å². The van der Waals surface area contributed by atoms with Crippen LogP contribution in [0.3, 0.4) is 0 Å². The fourth-order valence-corrected chi connectivity index (χ4v) is 2.17. The van der Waals surface area contributed by atoms with Crippen molar-refractivity contribution in [3.05, 3.63) is 22.9 Å². The van der Waals surface area contributed by atoms with Crippen LogP contribution in [0.15, 0.2) is 22.9 Å². The zero-order valence-electron chi connectivity index (χ0n) is 11.9. The number of nitrogens with zero attached hydrogens (tertiary/aromatic N) is 2. The summed E-state index contributed by atoms with van der Waals surface area (Å²) in [5.74, 6) is 0.684. The standard InChI is InChI=1S/C14H19BrN2O3/c1-14(2,3)20-13(18)17-7-5-10(17)9-19-12-8-16-6-4-11(12)15/h4,6,8,10H,5,7,9H2,1-3H3/t10-/m1/s1. The van der Waals surface area contributed by atoms with Crippen molar-refractivity contribution in [2.24, 2.45) is 0 Å². The molecular weight excluding hydrogens is 324 g/mol. The van der Waals surface area contributed by atoms with E-state index in [-0.39, 0.29) is 12.1 Å². The smallest absolute Gasteiger partial charge is 0.410 e. The largest absolute Gasteiger partial charge is 0.489 e. The lowest BCUT2D eigenvalue weighted by Gasteiger charge is -2.41. The molecule has 0 unspecified atom stereocenters. The predicted octanol–water partition coefficient (Wildman–Crippen LogP) is 3.23. The van der Waals surface area contributed by atoms with Crippen LogP contribution in [-0.2, 0) is 4.74 Å². The molecule has 0 radical (unpaired) electrons. The number of carbonyl (C=O) groups is 1. The van der Waals surface area contributed by atoms with Gasteiger partial charge in [0.15, 0.2) is 5.75 Å². The molecular formula is C14H19BrN2O3. The number of rotatable bonds is 3. The van der Waals surface area contributed by atoms with Gasteiger partial charge in [-0.3, -0.25) is 4.98 Å². The SMILES string of the molecule is CC(C)(C)OC(=O)N1CC[C@@H]1COc1cnccc1Br. The van der Waals surface area contributed by atoms with Crippen LogP contribution in [0.2, 0.25) is 0 Å². The molecule has 2 rings (SSSR count). The second kappa shape index (κ2) is 5.99. The minimum atomic E-state index is -0.468. The van der Waals surface area contributed by atoms with Gasteiger partial charge in [-0.05, 0) is 49.2 Å². The Bertz CT molecular complexity index is 488. The maximum absolute atomic E-state index is 12.0. The summed E-state index contributed by atoms with van der Waals surface area (Å²) in [7, 11) is 0. The van der Waals surface area contributed by atoms with Crippen LogP contribution in [0.4, 0.5) is 4.79 Å². The number of hydrogen-bond acceptors (Lipinski definition) is 4. The van der Waals surface area contributed by atoms with Gasteiger partial charge in [0, 0.05) is 12.7 Å². The first kappa shape index (κ1) is 15.1. The Balaban J connectivity index is 1.86. The number of halogens is 1.